The molecule has 0 radical (unpaired) electrons. The normalized spacial score (nSPS) is 20.2. The van der Waals surface area contributed by atoms with E-state index in [1.54, 1.807) is 22.0 Å². The monoisotopic (exact) mass is 343 g/mol. The van der Waals surface area contributed by atoms with Gasteiger partial charge in [-0.2, -0.15) is 5.10 Å². The number of rotatable bonds is 5. The van der Waals surface area contributed by atoms with Gasteiger partial charge >= 0.3 is 6.03 Å². The minimum atomic E-state index is -0.0649. The number of aromatic nitrogens is 3. The number of hydrogen-bond donors (Lipinski definition) is 2. The fourth-order valence-corrected chi connectivity index (χ4v) is 3.28. The van der Waals surface area contributed by atoms with Crippen molar-refractivity contribution in [3.05, 3.63) is 42.4 Å². The number of aliphatic hydroxyl groups is 1. The zero-order valence-electron chi connectivity index (χ0n) is 14.5. The van der Waals surface area contributed by atoms with E-state index in [2.05, 4.69) is 15.4 Å². The van der Waals surface area contributed by atoms with Gasteiger partial charge in [-0.3, -0.25) is 0 Å². The van der Waals surface area contributed by atoms with Crippen molar-refractivity contribution in [2.45, 2.75) is 38.3 Å². The van der Waals surface area contributed by atoms with E-state index in [1.807, 2.05) is 31.4 Å². The van der Waals surface area contributed by atoms with Crippen molar-refractivity contribution in [1.29, 1.82) is 0 Å². The van der Waals surface area contributed by atoms with Crippen molar-refractivity contribution in [3.8, 4) is 5.82 Å². The number of hydrogen-bond acceptors (Lipinski definition) is 4. The van der Waals surface area contributed by atoms with Crippen molar-refractivity contribution in [3.63, 3.8) is 0 Å². The lowest BCUT2D eigenvalue weighted by Gasteiger charge is -2.34. The van der Waals surface area contributed by atoms with E-state index in [1.165, 1.54) is 0 Å². The molecule has 2 heterocycles. The SMILES string of the molecule is CN(C(=O)NCc1ccnc(-n2cccn2)c1)C1CCC(CO)CC1. The largest absolute Gasteiger partial charge is 0.396 e. The molecule has 3 rings (SSSR count). The van der Waals surface area contributed by atoms with Gasteiger partial charge < -0.3 is 15.3 Å². The summed E-state index contributed by atoms with van der Waals surface area (Å²) in [5.74, 6) is 1.12. The van der Waals surface area contributed by atoms with Crippen molar-refractivity contribution in [2.24, 2.45) is 5.92 Å². The number of aliphatic hydroxyl groups excluding tert-OH is 1. The highest BCUT2D eigenvalue weighted by molar-refractivity contribution is 5.74. The van der Waals surface area contributed by atoms with Crippen LogP contribution in [0.2, 0.25) is 0 Å². The van der Waals surface area contributed by atoms with E-state index in [0.29, 0.717) is 12.5 Å². The van der Waals surface area contributed by atoms with Gasteiger partial charge in [0.1, 0.15) is 0 Å². The molecule has 134 valence electrons. The van der Waals surface area contributed by atoms with E-state index < -0.39 is 0 Å². The van der Waals surface area contributed by atoms with Crippen molar-refractivity contribution < 1.29 is 9.90 Å². The molecule has 1 aliphatic rings. The molecular weight excluding hydrogens is 318 g/mol. The molecule has 2 amide bonds. The van der Waals surface area contributed by atoms with Gasteiger partial charge in [-0.25, -0.2) is 14.5 Å². The van der Waals surface area contributed by atoms with Gasteiger partial charge in [-0.15, -0.1) is 0 Å². The summed E-state index contributed by atoms with van der Waals surface area (Å²) < 4.78 is 1.69. The van der Waals surface area contributed by atoms with E-state index in [-0.39, 0.29) is 18.7 Å². The minimum absolute atomic E-state index is 0.0649. The number of pyridine rings is 1. The van der Waals surface area contributed by atoms with E-state index in [9.17, 15) is 9.90 Å². The van der Waals surface area contributed by atoms with E-state index in [4.69, 9.17) is 0 Å². The maximum atomic E-state index is 12.4. The molecule has 0 saturated heterocycles. The second kappa shape index (κ2) is 8.11. The molecule has 1 saturated carbocycles. The molecule has 2 aromatic heterocycles. The van der Waals surface area contributed by atoms with Gasteiger partial charge in [0.05, 0.1) is 0 Å². The molecular formula is C18H25N5O2. The van der Waals surface area contributed by atoms with Crippen LogP contribution >= 0.6 is 0 Å². The number of carbonyl (C=O) groups excluding carboxylic acids is 1. The summed E-state index contributed by atoms with van der Waals surface area (Å²) in [6.07, 6.45) is 9.13. The van der Waals surface area contributed by atoms with Gasteiger partial charge in [0.25, 0.3) is 0 Å². The summed E-state index contributed by atoms with van der Waals surface area (Å²) in [6, 6.07) is 5.83. The summed E-state index contributed by atoms with van der Waals surface area (Å²) in [5.41, 5.74) is 0.978. The lowest BCUT2D eigenvalue weighted by Crippen LogP contribution is -2.45. The molecule has 0 aliphatic heterocycles. The van der Waals surface area contributed by atoms with Crippen LogP contribution in [0.15, 0.2) is 36.8 Å². The van der Waals surface area contributed by atoms with Crippen molar-refractivity contribution >= 4 is 6.03 Å². The molecule has 1 aliphatic carbocycles. The average Bonchev–Trinajstić information content (AvgIpc) is 3.20. The number of carbonyl (C=O) groups is 1. The van der Waals surface area contributed by atoms with Crippen LogP contribution in [-0.2, 0) is 6.54 Å². The summed E-state index contributed by atoms with van der Waals surface area (Å²) >= 11 is 0. The zero-order valence-corrected chi connectivity index (χ0v) is 14.5. The Balaban J connectivity index is 1.53. The van der Waals surface area contributed by atoms with Gasteiger partial charge in [0.15, 0.2) is 5.82 Å². The minimum Gasteiger partial charge on any atom is -0.396 e. The lowest BCUT2D eigenvalue weighted by atomic mass is 9.86. The topological polar surface area (TPSA) is 83.3 Å². The molecule has 0 bridgehead atoms. The van der Waals surface area contributed by atoms with Crippen LogP contribution in [0, 0.1) is 5.92 Å². The third-order valence-corrected chi connectivity index (χ3v) is 4.94. The Hall–Kier alpha value is -2.41. The molecule has 2 N–H and O–H groups in total. The van der Waals surface area contributed by atoms with E-state index in [0.717, 1.165) is 37.1 Å². The number of nitrogens with one attached hydrogen (secondary N) is 1. The molecule has 25 heavy (non-hydrogen) atoms. The second-order valence-electron chi connectivity index (χ2n) is 6.60. The van der Waals surface area contributed by atoms with Gasteiger partial charge in [0.2, 0.25) is 0 Å². The first kappa shape index (κ1) is 17.4. The molecule has 0 aromatic carbocycles. The molecule has 7 heteroatoms. The van der Waals surface area contributed by atoms with Crippen molar-refractivity contribution in [2.75, 3.05) is 13.7 Å². The van der Waals surface area contributed by atoms with Crippen LogP contribution < -0.4 is 5.32 Å². The maximum absolute atomic E-state index is 12.4. The second-order valence-corrected chi connectivity index (χ2v) is 6.60. The Bertz CT molecular complexity index is 681. The van der Waals surface area contributed by atoms with Crippen LogP contribution in [0.4, 0.5) is 4.79 Å². The van der Waals surface area contributed by atoms with Crippen LogP contribution in [0.25, 0.3) is 5.82 Å². The lowest BCUT2D eigenvalue weighted by molar-refractivity contribution is 0.134. The number of urea groups is 1. The first-order valence-electron chi connectivity index (χ1n) is 8.74. The first-order chi connectivity index (χ1) is 12.2. The third kappa shape index (κ3) is 4.36. The number of amides is 2. The number of nitrogens with zero attached hydrogens (tertiary/aromatic N) is 4. The van der Waals surface area contributed by atoms with Gasteiger partial charge in [-0.1, -0.05) is 0 Å². The summed E-state index contributed by atoms with van der Waals surface area (Å²) in [5, 5.41) is 16.4. The summed E-state index contributed by atoms with van der Waals surface area (Å²) in [7, 11) is 1.85. The maximum Gasteiger partial charge on any atom is 0.317 e. The molecule has 0 spiro atoms. The molecule has 1 fully saturated rings. The van der Waals surface area contributed by atoms with Gasteiger partial charge in [0, 0.05) is 44.8 Å². The Morgan fingerprint density at radius 3 is 2.84 bits per heavy atom. The van der Waals surface area contributed by atoms with Crippen molar-refractivity contribution in [1.82, 2.24) is 25.0 Å². The Morgan fingerprint density at radius 2 is 2.16 bits per heavy atom. The highest BCUT2D eigenvalue weighted by atomic mass is 16.3. The summed E-state index contributed by atoms with van der Waals surface area (Å²) in [6.45, 7) is 0.704. The molecule has 2 aromatic rings. The van der Waals surface area contributed by atoms with Crippen LogP contribution in [0.1, 0.15) is 31.2 Å². The Kier molecular flexibility index (Phi) is 5.65. The standard InChI is InChI=1S/C18H25N5O2/c1-22(16-5-3-14(13-24)4-6-16)18(25)20-12-15-7-9-19-17(11-15)23-10-2-8-21-23/h2,7-11,14,16,24H,3-6,12-13H2,1H3,(H,20,25). The Labute approximate surface area is 147 Å². The van der Waals surface area contributed by atoms with Gasteiger partial charge in [-0.05, 0) is 55.4 Å². The van der Waals surface area contributed by atoms with Crippen LogP contribution in [-0.4, -0.2) is 50.5 Å². The molecule has 0 atom stereocenters. The fourth-order valence-electron chi connectivity index (χ4n) is 3.28. The molecule has 0 unspecified atom stereocenters. The summed E-state index contributed by atoms with van der Waals surface area (Å²) in [4.78, 5) is 18.5. The molecule has 7 nitrogen and oxygen atoms in total. The van der Waals surface area contributed by atoms with E-state index >= 15 is 0 Å². The predicted molar refractivity (Wildman–Crippen MR) is 94.2 cm³/mol. The zero-order chi connectivity index (χ0) is 17.6. The fraction of sp³-hybridized carbons (Fsp3) is 0.500. The predicted octanol–water partition coefficient (Wildman–Crippen LogP) is 1.96. The quantitative estimate of drug-likeness (QED) is 0.869. The third-order valence-electron chi connectivity index (χ3n) is 4.94. The smallest absolute Gasteiger partial charge is 0.317 e. The highest BCUT2D eigenvalue weighted by Gasteiger charge is 2.26. The first-order valence-corrected chi connectivity index (χ1v) is 8.74. The Morgan fingerprint density at radius 1 is 1.36 bits per heavy atom. The van der Waals surface area contributed by atoms with Crippen LogP contribution in [0.3, 0.4) is 0 Å². The average molecular weight is 343 g/mol. The highest BCUT2D eigenvalue weighted by Crippen LogP contribution is 2.26. The van der Waals surface area contributed by atoms with Crippen LogP contribution in [0.5, 0.6) is 0 Å².